The summed E-state index contributed by atoms with van der Waals surface area (Å²) >= 11 is 6.31. The summed E-state index contributed by atoms with van der Waals surface area (Å²) in [5, 5.41) is 26.2. The standard InChI is InChI=1S/C22H18ClN7O4/c23-16-5-3-4-14(10-24)19(16)30-11-15-20(29-30)26-13-27-22(15)34-17(12-33-9-8-31)21(32)28-18-6-1-2-7-25-18/h1-7,11,13,17,31H,8-9,12H2,(H,25,28,32)/t17-/m0/s1. The zero-order valence-electron chi connectivity index (χ0n) is 17.6. The third-order valence-electron chi connectivity index (χ3n) is 4.58. The summed E-state index contributed by atoms with van der Waals surface area (Å²) in [6.45, 7) is -0.336. The van der Waals surface area contributed by atoms with Gasteiger partial charge in [-0.05, 0) is 24.3 Å². The van der Waals surface area contributed by atoms with Crippen LogP contribution >= 0.6 is 11.6 Å². The normalized spacial score (nSPS) is 11.7. The van der Waals surface area contributed by atoms with Crippen molar-refractivity contribution in [1.29, 1.82) is 5.26 Å². The third-order valence-corrected chi connectivity index (χ3v) is 4.89. The molecule has 0 aliphatic heterocycles. The van der Waals surface area contributed by atoms with Crippen molar-refractivity contribution >= 4 is 34.4 Å². The van der Waals surface area contributed by atoms with E-state index in [1.54, 1.807) is 48.8 Å². The minimum atomic E-state index is -1.12. The number of aliphatic hydroxyl groups excluding tert-OH is 1. The van der Waals surface area contributed by atoms with Gasteiger partial charge in [-0.25, -0.2) is 19.6 Å². The number of hydrogen-bond acceptors (Lipinski definition) is 9. The Balaban J connectivity index is 1.66. The molecule has 0 saturated heterocycles. The highest BCUT2D eigenvalue weighted by Gasteiger charge is 2.24. The van der Waals surface area contributed by atoms with Crippen molar-refractivity contribution in [3.8, 4) is 17.6 Å². The van der Waals surface area contributed by atoms with Gasteiger partial charge in [-0.3, -0.25) is 4.79 Å². The second kappa shape index (κ2) is 10.7. The predicted molar refractivity (Wildman–Crippen MR) is 122 cm³/mol. The number of ether oxygens (including phenoxy) is 2. The molecule has 0 radical (unpaired) electrons. The maximum Gasteiger partial charge on any atom is 0.269 e. The van der Waals surface area contributed by atoms with E-state index in [1.807, 2.05) is 0 Å². The maximum absolute atomic E-state index is 12.9. The molecule has 12 heteroatoms. The van der Waals surface area contributed by atoms with Crippen LogP contribution in [0, 0.1) is 11.3 Å². The lowest BCUT2D eigenvalue weighted by atomic mass is 10.2. The van der Waals surface area contributed by atoms with Crippen LogP contribution in [0.3, 0.4) is 0 Å². The maximum atomic E-state index is 12.9. The van der Waals surface area contributed by atoms with Gasteiger partial charge in [0.2, 0.25) is 12.0 Å². The number of pyridine rings is 1. The number of fused-ring (bicyclic) bond motifs is 1. The predicted octanol–water partition coefficient (Wildman–Crippen LogP) is 2.13. The van der Waals surface area contributed by atoms with Crippen LogP contribution in [0.4, 0.5) is 5.82 Å². The molecule has 4 rings (SSSR count). The van der Waals surface area contributed by atoms with Gasteiger partial charge in [0.05, 0.1) is 30.4 Å². The summed E-state index contributed by atoms with van der Waals surface area (Å²) in [7, 11) is 0. The van der Waals surface area contributed by atoms with Crippen molar-refractivity contribution in [3.05, 3.63) is 65.7 Å². The van der Waals surface area contributed by atoms with Crippen LogP contribution in [0.15, 0.2) is 55.1 Å². The molecule has 11 nitrogen and oxygen atoms in total. The Morgan fingerprint density at radius 2 is 2.12 bits per heavy atom. The molecule has 172 valence electrons. The number of halogens is 1. The Labute approximate surface area is 198 Å². The number of carbonyl (C=O) groups excluding carboxylic acids is 1. The van der Waals surface area contributed by atoms with Crippen LogP contribution in [0.5, 0.6) is 5.88 Å². The van der Waals surface area contributed by atoms with E-state index >= 15 is 0 Å². The molecule has 2 N–H and O–H groups in total. The molecule has 34 heavy (non-hydrogen) atoms. The molecular weight excluding hydrogens is 462 g/mol. The van der Waals surface area contributed by atoms with Crippen LogP contribution in [0.2, 0.25) is 5.02 Å². The molecule has 0 aliphatic carbocycles. The number of rotatable bonds is 9. The van der Waals surface area contributed by atoms with E-state index in [0.717, 1.165) is 0 Å². The van der Waals surface area contributed by atoms with Gasteiger partial charge in [0.25, 0.3) is 5.91 Å². The molecule has 1 amide bonds. The molecule has 0 fully saturated rings. The van der Waals surface area contributed by atoms with E-state index in [2.05, 4.69) is 31.4 Å². The second-order valence-corrected chi connectivity index (χ2v) is 7.25. The number of carbonyl (C=O) groups is 1. The Morgan fingerprint density at radius 1 is 1.24 bits per heavy atom. The molecule has 0 unspecified atom stereocenters. The van der Waals surface area contributed by atoms with E-state index in [0.29, 0.717) is 27.5 Å². The Morgan fingerprint density at radius 3 is 2.88 bits per heavy atom. The molecule has 0 spiro atoms. The molecule has 0 saturated carbocycles. The fourth-order valence-corrected chi connectivity index (χ4v) is 3.32. The van der Waals surface area contributed by atoms with Gasteiger partial charge in [-0.2, -0.15) is 5.26 Å². The number of aliphatic hydroxyl groups is 1. The van der Waals surface area contributed by atoms with Crippen molar-refractivity contribution in [3.63, 3.8) is 0 Å². The third kappa shape index (κ3) is 5.10. The van der Waals surface area contributed by atoms with Crippen LogP contribution in [-0.2, 0) is 9.53 Å². The van der Waals surface area contributed by atoms with Crippen LogP contribution in [0.25, 0.3) is 16.7 Å². The van der Waals surface area contributed by atoms with Crippen molar-refractivity contribution in [2.45, 2.75) is 6.10 Å². The van der Waals surface area contributed by atoms with Gasteiger partial charge in [-0.1, -0.05) is 23.7 Å². The van der Waals surface area contributed by atoms with Crippen molar-refractivity contribution < 1.29 is 19.4 Å². The SMILES string of the molecule is N#Cc1cccc(Cl)c1-n1cc2c(O[C@@H](COCCO)C(=O)Nc3ccccn3)ncnc2n1. The summed E-state index contributed by atoms with van der Waals surface area (Å²) < 4.78 is 12.6. The highest BCUT2D eigenvalue weighted by atomic mass is 35.5. The quantitative estimate of drug-likeness (QED) is 0.344. The largest absolute Gasteiger partial charge is 0.461 e. The van der Waals surface area contributed by atoms with E-state index < -0.39 is 12.0 Å². The molecular formula is C22H18ClN7O4. The lowest BCUT2D eigenvalue weighted by molar-refractivity contribution is -0.125. The van der Waals surface area contributed by atoms with Crippen molar-refractivity contribution in [2.75, 3.05) is 25.1 Å². The average Bonchev–Trinajstić information content (AvgIpc) is 3.28. The first-order valence-electron chi connectivity index (χ1n) is 10.1. The zero-order chi connectivity index (χ0) is 23.9. The Hall–Kier alpha value is -4.11. The Kier molecular flexibility index (Phi) is 7.24. The summed E-state index contributed by atoms with van der Waals surface area (Å²) in [6.07, 6.45) is 3.23. The molecule has 0 aliphatic rings. The highest BCUT2D eigenvalue weighted by Crippen LogP contribution is 2.28. The minimum Gasteiger partial charge on any atom is -0.461 e. The summed E-state index contributed by atoms with van der Waals surface area (Å²) in [4.78, 5) is 25.2. The van der Waals surface area contributed by atoms with Gasteiger partial charge in [0, 0.05) is 12.4 Å². The smallest absolute Gasteiger partial charge is 0.269 e. The number of aromatic nitrogens is 5. The number of hydrogen-bond donors (Lipinski definition) is 2. The number of para-hydroxylation sites is 1. The number of benzene rings is 1. The Bertz CT molecular complexity index is 1340. The van der Waals surface area contributed by atoms with Gasteiger partial charge in [0.1, 0.15) is 29.3 Å². The number of amides is 1. The number of nitrogens with zero attached hydrogens (tertiary/aromatic N) is 6. The van der Waals surface area contributed by atoms with Gasteiger partial charge in [0.15, 0.2) is 5.65 Å². The van der Waals surface area contributed by atoms with E-state index in [9.17, 15) is 10.1 Å². The first-order valence-corrected chi connectivity index (χ1v) is 10.4. The van der Waals surface area contributed by atoms with E-state index in [1.165, 1.54) is 11.0 Å². The monoisotopic (exact) mass is 479 g/mol. The molecule has 3 heterocycles. The lowest BCUT2D eigenvalue weighted by Crippen LogP contribution is -2.37. The topological polar surface area (TPSA) is 148 Å². The average molecular weight is 480 g/mol. The zero-order valence-corrected chi connectivity index (χ0v) is 18.4. The van der Waals surface area contributed by atoms with E-state index in [-0.39, 0.29) is 31.3 Å². The fraction of sp³-hybridized carbons (Fsp3) is 0.182. The van der Waals surface area contributed by atoms with Crippen molar-refractivity contribution in [1.82, 2.24) is 24.7 Å². The summed E-state index contributed by atoms with van der Waals surface area (Å²) in [5.41, 5.74) is 0.973. The summed E-state index contributed by atoms with van der Waals surface area (Å²) in [6, 6.07) is 12.1. The molecule has 0 bridgehead atoms. The van der Waals surface area contributed by atoms with E-state index in [4.69, 9.17) is 26.2 Å². The first-order chi connectivity index (χ1) is 16.6. The molecule has 1 aromatic carbocycles. The van der Waals surface area contributed by atoms with Crippen LogP contribution in [0.1, 0.15) is 5.56 Å². The van der Waals surface area contributed by atoms with Crippen LogP contribution in [-0.4, -0.2) is 61.7 Å². The molecule has 1 atom stereocenters. The summed E-state index contributed by atoms with van der Waals surface area (Å²) in [5.74, 6) is -0.101. The number of nitriles is 1. The van der Waals surface area contributed by atoms with Gasteiger partial charge >= 0.3 is 0 Å². The minimum absolute atomic E-state index is 0.0251. The molecule has 3 aromatic heterocycles. The van der Waals surface area contributed by atoms with Gasteiger partial charge in [-0.15, -0.1) is 5.10 Å². The first kappa shape index (κ1) is 23.1. The second-order valence-electron chi connectivity index (χ2n) is 6.85. The molecule has 4 aromatic rings. The lowest BCUT2D eigenvalue weighted by Gasteiger charge is -2.18. The van der Waals surface area contributed by atoms with Crippen molar-refractivity contribution in [2.24, 2.45) is 0 Å². The fourth-order valence-electron chi connectivity index (χ4n) is 3.06. The number of anilines is 1. The van der Waals surface area contributed by atoms with Crippen LogP contribution < -0.4 is 10.1 Å². The highest BCUT2D eigenvalue weighted by molar-refractivity contribution is 6.32. The van der Waals surface area contributed by atoms with Gasteiger partial charge < -0.3 is 19.9 Å². The number of nitrogens with one attached hydrogen (secondary N) is 1.